The minimum Gasteiger partial charge on any atom is -0.484 e. The average Bonchev–Trinajstić information content (AvgIpc) is 2.50. The number of fused-ring (bicyclic) bond motifs is 1. The fourth-order valence-corrected chi connectivity index (χ4v) is 2.07. The first kappa shape index (κ1) is 14.3. The van der Waals surface area contributed by atoms with Gasteiger partial charge in [0, 0.05) is 13.1 Å². The van der Waals surface area contributed by atoms with Crippen LogP contribution in [0.5, 0.6) is 5.75 Å². The molecule has 0 fully saturated rings. The van der Waals surface area contributed by atoms with E-state index in [0.717, 1.165) is 10.8 Å². The Hall–Kier alpha value is -2.07. The lowest BCUT2D eigenvalue weighted by molar-refractivity contribution is -0.133. The van der Waals surface area contributed by atoms with E-state index in [1.54, 1.807) is 4.90 Å². The van der Waals surface area contributed by atoms with Crippen LogP contribution in [0.1, 0.15) is 6.92 Å². The molecule has 0 aromatic heterocycles. The van der Waals surface area contributed by atoms with Gasteiger partial charge in [-0.15, -0.1) is 0 Å². The molecule has 1 amide bonds. The molecule has 1 N–H and O–H groups in total. The van der Waals surface area contributed by atoms with Gasteiger partial charge in [-0.25, -0.2) is 0 Å². The molecule has 2 rings (SSSR count). The Morgan fingerprint density at radius 3 is 2.65 bits per heavy atom. The largest absolute Gasteiger partial charge is 0.484 e. The molecule has 4 heteroatoms. The summed E-state index contributed by atoms with van der Waals surface area (Å²) < 4.78 is 5.53. The van der Waals surface area contributed by atoms with Crippen molar-refractivity contribution in [3.05, 3.63) is 42.5 Å². The average molecular weight is 273 g/mol. The van der Waals surface area contributed by atoms with Crippen molar-refractivity contribution in [3.8, 4) is 5.75 Å². The molecular weight excluding hydrogens is 254 g/mol. The quantitative estimate of drug-likeness (QED) is 0.876. The molecule has 0 atom stereocenters. The van der Waals surface area contributed by atoms with Crippen LogP contribution in [-0.4, -0.2) is 42.2 Å². The maximum absolute atomic E-state index is 11.9. The van der Waals surface area contributed by atoms with Crippen molar-refractivity contribution in [1.82, 2.24) is 4.90 Å². The molecule has 0 bridgehead atoms. The Kier molecular flexibility index (Phi) is 4.96. The predicted molar refractivity (Wildman–Crippen MR) is 78.8 cm³/mol. The molecule has 106 valence electrons. The normalized spacial score (nSPS) is 10.5. The van der Waals surface area contributed by atoms with Gasteiger partial charge in [-0.3, -0.25) is 4.79 Å². The Bertz CT molecular complexity index is 583. The molecule has 0 aliphatic rings. The summed E-state index contributed by atoms with van der Waals surface area (Å²) in [7, 11) is 0. The summed E-state index contributed by atoms with van der Waals surface area (Å²) in [5.74, 6) is 0.562. The van der Waals surface area contributed by atoms with Crippen molar-refractivity contribution in [1.29, 1.82) is 0 Å². The van der Waals surface area contributed by atoms with Crippen LogP contribution in [0.2, 0.25) is 0 Å². The zero-order valence-electron chi connectivity index (χ0n) is 11.6. The molecule has 0 spiro atoms. The molecule has 0 unspecified atom stereocenters. The maximum Gasteiger partial charge on any atom is 0.260 e. The van der Waals surface area contributed by atoms with Gasteiger partial charge in [0.05, 0.1) is 6.61 Å². The summed E-state index contributed by atoms with van der Waals surface area (Å²) >= 11 is 0. The van der Waals surface area contributed by atoms with E-state index in [4.69, 9.17) is 9.84 Å². The third kappa shape index (κ3) is 3.48. The van der Waals surface area contributed by atoms with Crippen LogP contribution in [0.15, 0.2) is 42.5 Å². The molecule has 20 heavy (non-hydrogen) atoms. The Balaban J connectivity index is 2.00. The van der Waals surface area contributed by atoms with Crippen LogP contribution in [0.3, 0.4) is 0 Å². The number of aliphatic hydroxyl groups excluding tert-OH is 1. The molecular formula is C16H19NO3. The lowest BCUT2D eigenvalue weighted by Crippen LogP contribution is -2.36. The van der Waals surface area contributed by atoms with Crippen LogP contribution in [0, 0.1) is 0 Å². The highest BCUT2D eigenvalue weighted by Crippen LogP contribution is 2.20. The Morgan fingerprint density at radius 2 is 1.95 bits per heavy atom. The van der Waals surface area contributed by atoms with Crippen molar-refractivity contribution in [2.24, 2.45) is 0 Å². The molecule has 2 aromatic rings. The fraction of sp³-hybridized carbons (Fsp3) is 0.312. The lowest BCUT2D eigenvalue weighted by Gasteiger charge is -2.19. The minimum atomic E-state index is -0.116. The number of carbonyl (C=O) groups is 1. The first-order chi connectivity index (χ1) is 9.74. The predicted octanol–water partition coefficient (Wildman–Crippen LogP) is 2.06. The van der Waals surface area contributed by atoms with E-state index in [1.807, 2.05) is 49.4 Å². The van der Waals surface area contributed by atoms with Crippen LogP contribution in [0.25, 0.3) is 10.8 Å². The minimum absolute atomic E-state index is 0.00776. The third-order valence-electron chi connectivity index (χ3n) is 3.19. The van der Waals surface area contributed by atoms with E-state index in [0.29, 0.717) is 18.8 Å². The molecule has 2 aromatic carbocycles. The number of nitrogens with zero attached hydrogens (tertiary/aromatic N) is 1. The van der Waals surface area contributed by atoms with Crippen molar-refractivity contribution in [2.45, 2.75) is 6.92 Å². The molecule has 0 aliphatic heterocycles. The maximum atomic E-state index is 11.9. The summed E-state index contributed by atoms with van der Waals surface area (Å²) in [5.41, 5.74) is 0. The molecule has 0 saturated carbocycles. The van der Waals surface area contributed by atoms with Crippen molar-refractivity contribution >= 4 is 16.7 Å². The second kappa shape index (κ2) is 6.91. The lowest BCUT2D eigenvalue weighted by atomic mass is 10.1. The van der Waals surface area contributed by atoms with Crippen molar-refractivity contribution in [3.63, 3.8) is 0 Å². The number of ether oxygens (including phenoxy) is 1. The monoisotopic (exact) mass is 273 g/mol. The van der Waals surface area contributed by atoms with E-state index >= 15 is 0 Å². The van der Waals surface area contributed by atoms with Crippen LogP contribution >= 0.6 is 0 Å². The van der Waals surface area contributed by atoms with Gasteiger partial charge in [0.25, 0.3) is 5.91 Å². The van der Waals surface area contributed by atoms with E-state index < -0.39 is 0 Å². The number of amides is 1. The van der Waals surface area contributed by atoms with Gasteiger partial charge in [-0.2, -0.15) is 0 Å². The van der Waals surface area contributed by atoms with Crippen molar-refractivity contribution < 1.29 is 14.6 Å². The van der Waals surface area contributed by atoms with Gasteiger partial charge in [0.2, 0.25) is 0 Å². The molecule has 0 aliphatic carbocycles. The van der Waals surface area contributed by atoms with Gasteiger partial charge >= 0.3 is 0 Å². The molecule has 0 heterocycles. The SMILES string of the molecule is CCN(CCO)C(=O)COc1ccc2ccccc2c1. The van der Waals surface area contributed by atoms with Gasteiger partial charge in [-0.1, -0.05) is 30.3 Å². The van der Waals surface area contributed by atoms with E-state index in [-0.39, 0.29) is 19.1 Å². The summed E-state index contributed by atoms with van der Waals surface area (Å²) in [6.07, 6.45) is 0. The second-order valence-corrected chi connectivity index (χ2v) is 4.49. The highest BCUT2D eigenvalue weighted by Gasteiger charge is 2.11. The zero-order valence-corrected chi connectivity index (χ0v) is 11.6. The van der Waals surface area contributed by atoms with Crippen LogP contribution in [-0.2, 0) is 4.79 Å². The Morgan fingerprint density at radius 1 is 1.20 bits per heavy atom. The number of aliphatic hydroxyl groups is 1. The molecule has 4 nitrogen and oxygen atoms in total. The van der Waals surface area contributed by atoms with Gasteiger partial charge < -0.3 is 14.7 Å². The van der Waals surface area contributed by atoms with E-state index in [2.05, 4.69) is 0 Å². The van der Waals surface area contributed by atoms with Gasteiger partial charge in [-0.05, 0) is 29.8 Å². The number of rotatable bonds is 6. The first-order valence-electron chi connectivity index (χ1n) is 6.75. The summed E-state index contributed by atoms with van der Waals surface area (Å²) in [6.45, 7) is 2.75. The highest BCUT2D eigenvalue weighted by atomic mass is 16.5. The van der Waals surface area contributed by atoms with Crippen LogP contribution < -0.4 is 4.74 Å². The Labute approximate surface area is 118 Å². The summed E-state index contributed by atoms with van der Waals surface area (Å²) in [6, 6.07) is 13.7. The van der Waals surface area contributed by atoms with Crippen molar-refractivity contribution in [2.75, 3.05) is 26.3 Å². The number of likely N-dealkylation sites (N-methyl/N-ethyl adjacent to an activating group) is 1. The number of hydrogen-bond acceptors (Lipinski definition) is 3. The van der Waals surface area contributed by atoms with Gasteiger partial charge in [0.1, 0.15) is 5.75 Å². The standard InChI is InChI=1S/C16H19NO3/c1-2-17(9-10-18)16(19)12-20-15-8-7-13-5-3-4-6-14(13)11-15/h3-8,11,18H,2,9-10,12H2,1H3. The topological polar surface area (TPSA) is 49.8 Å². The molecule has 0 radical (unpaired) electrons. The van der Waals surface area contributed by atoms with Crippen LogP contribution in [0.4, 0.5) is 0 Å². The number of benzene rings is 2. The second-order valence-electron chi connectivity index (χ2n) is 4.49. The fourth-order valence-electron chi connectivity index (χ4n) is 2.07. The molecule has 0 saturated heterocycles. The van der Waals surface area contributed by atoms with E-state index in [9.17, 15) is 4.79 Å². The first-order valence-corrected chi connectivity index (χ1v) is 6.75. The van der Waals surface area contributed by atoms with Gasteiger partial charge in [0.15, 0.2) is 6.61 Å². The summed E-state index contributed by atoms with van der Waals surface area (Å²) in [4.78, 5) is 13.5. The number of carbonyl (C=O) groups excluding carboxylic acids is 1. The van der Waals surface area contributed by atoms with E-state index in [1.165, 1.54) is 0 Å². The third-order valence-corrected chi connectivity index (χ3v) is 3.19. The summed E-state index contributed by atoms with van der Waals surface area (Å²) in [5, 5.41) is 11.1. The number of hydrogen-bond donors (Lipinski definition) is 1. The zero-order chi connectivity index (χ0) is 14.4. The smallest absolute Gasteiger partial charge is 0.260 e. The highest BCUT2D eigenvalue weighted by molar-refractivity contribution is 5.84.